The van der Waals surface area contributed by atoms with Crippen molar-refractivity contribution >= 4 is 28.8 Å². The van der Waals surface area contributed by atoms with Crippen LogP contribution in [0.1, 0.15) is 24.8 Å². The molecule has 1 aliphatic heterocycles. The van der Waals surface area contributed by atoms with E-state index in [0.717, 1.165) is 30.3 Å². The molecule has 0 aliphatic carbocycles. The van der Waals surface area contributed by atoms with Crippen molar-refractivity contribution in [2.75, 3.05) is 28.6 Å². The first-order chi connectivity index (χ1) is 13.3. The molecular weight excluding hydrogens is 334 g/mol. The average Bonchev–Trinajstić information content (AvgIpc) is 2.70. The fourth-order valence-corrected chi connectivity index (χ4v) is 3.40. The number of nitrogens with one attached hydrogen (secondary N) is 2. The third-order valence-corrected chi connectivity index (χ3v) is 4.79. The van der Waals surface area contributed by atoms with E-state index < -0.39 is 0 Å². The van der Waals surface area contributed by atoms with Gasteiger partial charge in [0.25, 0.3) is 0 Å². The van der Waals surface area contributed by atoms with Gasteiger partial charge in [0.1, 0.15) is 5.82 Å². The molecule has 2 aromatic carbocycles. The minimum atomic E-state index is 0.582. The van der Waals surface area contributed by atoms with Gasteiger partial charge in [-0.05, 0) is 74.2 Å². The zero-order chi connectivity index (χ0) is 18.5. The monoisotopic (exact) mass is 359 g/mol. The SMILES string of the molecule is Cc1cccc(Nc2ccnc(Nc3ccc(N4CCCCC4)cc3)n2)c1. The molecule has 2 N–H and O–H groups in total. The molecule has 0 atom stereocenters. The Kier molecular flexibility index (Phi) is 5.19. The van der Waals surface area contributed by atoms with Crippen LogP contribution >= 0.6 is 0 Å². The van der Waals surface area contributed by atoms with Crippen molar-refractivity contribution < 1.29 is 0 Å². The molecule has 27 heavy (non-hydrogen) atoms. The minimum absolute atomic E-state index is 0.582. The molecule has 2 heterocycles. The zero-order valence-corrected chi connectivity index (χ0v) is 15.7. The quantitative estimate of drug-likeness (QED) is 0.650. The number of rotatable bonds is 5. The molecule has 0 radical (unpaired) electrons. The van der Waals surface area contributed by atoms with Gasteiger partial charge in [-0.25, -0.2) is 4.98 Å². The van der Waals surface area contributed by atoms with Crippen LogP contribution in [0.15, 0.2) is 60.8 Å². The van der Waals surface area contributed by atoms with Gasteiger partial charge < -0.3 is 15.5 Å². The highest BCUT2D eigenvalue weighted by Crippen LogP contribution is 2.23. The Hall–Kier alpha value is -3.08. The lowest BCUT2D eigenvalue weighted by Crippen LogP contribution is -2.29. The van der Waals surface area contributed by atoms with Crippen LogP contribution in [0, 0.1) is 6.92 Å². The summed E-state index contributed by atoms with van der Waals surface area (Å²) in [6.07, 6.45) is 5.68. The number of benzene rings is 2. The topological polar surface area (TPSA) is 53.1 Å². The second kappa shape index (κ2) is 8.08. The molecule has 3 aromatic rings. The highest BCUT2D eigenvalue weighted by atomic mass is 15.1. The van der Waals surface area contributed by atoms with Crippen LogP contribution < -0.4 is 15.5 Å². The number of hydrogen-bond acceptors (Lipinski definition) is 5. The van der Waals surface area contributed by atoms with Gasteiger partial charge in [-0.3, -0.25) is 0 Å². The predicted molar refractivity (Wildman–Crippen MR) is 112 cm³/mol. The maximum Gasteiger partial charge on any atom is 0.229 e. The third-order valence-electron chi connectivity index (χ3n) is 4.79. The van der Waals surface area contributed by atoms with Gasteiger partial charge in [0.2, 0.25) is 5.95 Å². The second-order valence-electron chi connectivity index (χ2n) is 6.98. The molecule has 1 aliphatic rings. The summed E-state index contributed by atoms with van der Waals surface area (Å²) in [5, 5.41) is 6.62. The van der Waals surface area contributed by atoms with Gasteiger partial charge in [0.15, 0.2) is 0 Å². The summed E-state index contributed by atoms with van der Waals surface area (Å²) in [6, 6.07) is 18.6. The van der Waals surface area contributed by atoms with Gasteiger partial charge in [0.05, 0.1) is 0 Å². The summed E-state index contributed by atoms with van der Waals surface area (Å²) in [5.74, 6) is 1.35. The number of nitrogens with zero attached hydrogens (tertiary/aromatic N) is 3. The molecule has 4 rings (SSSR count). The van der Waals surface area contributed by atoms with E-state index in [-0.39, 0.29) is 0 Å². The summed E-state index contributed by atoms with van der Waals surface area (Å²) in [4.78, 5) is 11.3. The van der Waals surface area contributed by atoms with Crippen LogP contribution in [0.5, 0.6) is 0 Å². The van der Waals surface area contributed by atoms with E-state index in [2.05, 4.69) is 68.8 Å². The summed E-state index contributed by atoms with van der Waals surface area (Å²) < 4.78 is 0. The Morgan fingerprint density at radius 2 is 1.67 bits per heavy atom. The molecule has 0 unspecified atom stereocenters. The Balaban J connectivity index is 1.43. The van der Waals surface area contributed by atoms with E-state index in [9.17, 15) is 0 Å². The molecule has 0 bridgehead atoms. The largest absolute Gasteiger partial charge is 0.372 e. The van der Waals surface area contributed by atoms with E-state index in [0.29, 0.717) is 5.95 Å². The Morgan fingerprint density at radius 1 is 0.852 bits per heavy atom. The summed E-state index contributed by atoms with van der Waals surface area (Å²) in [7, 11) is 0. The Morgan fingerprint density at radius 3 is 2.44 bits per heavy atom. The van der Waals surface area contributed by atoms with Gasteiger partial charge in [-0.2, -0.15) is 4.98 Å². The van der Waals surface area contributed by atoms with Crippen molar-refractivity contribution in [3.05, 3.63) is 66.4 Å². The van der Waals surface area contributed by atoms with Crippen LogP contribution in [-0.2, 0) is 0 Å². The van der Waals surface area contributed by atoms with Crippen LogP contribution in [0.4, 0.5) is 28.8 Å². The van der Waals surface area contributed by atoms with Crippen LogP contribution in [0.3, 0.4) is 0 Å². The molecule has 0 amide bonds. The van der Waals surface area contributed by atoms with Crippen LogP contribution in [0.2, 0.25) is 0 Å². The van der Waals surface area contributed by atoms with Crippen LogP contribution in [-0.4, -0.2) is 23.1 Å². The lowest BCUT2D eigenvalue weighted by molar-refractivity contribution is 0.578. The summed E-state index contributed by atoms with van der Waals surface area (Å²) in [6.45, 7) is 4.39. The standard InChI is InChI=1S/C22H25N5/c1-17-6-5-7-19(16-17)24-21-12-13-23-22(26-21)25-18-8-10-20(11-9-18)27-14-3-2-4-15-27/h5-13,16H,2-4,14-15H2,1H3,(H2,23,24,25,26). The number of hydrogen-bond donors (Lipinski definition) is 2. The minimum Gasteiger partial charge on any atom is -0.372 e. The smallest absolute Gasteiger partial charge is 0.229 e. The van der Waals surface area contributed by atoms with Gasteiger partial charge in [0, 0.05) is 36.3 Å². The maximum absolute atomic E-state index is 4.56. The van der Waals surface area contributed by atoms with Crippen molar-refractivity contribution in [1.29, 1.82) is 0 Å². The fraction of sp³-hybridized carbons (Fsp3) is 0.273. The Labute approximate surface area is 160 Å². The van der Waals surface area contributed by atoms with Gasteiger partial charge in [-0.15, -0.1) is 0 Å². The number of aromatic nitrogens is 2. The van der Waals surface area contributed by atoms with E-state index in [4.69, 9.17) is 0 Å². The zero-order valence-electron chi connectivity index (χ0n) is 15.7. The molecule has 5 heteroatoms. The number of aryl methyl sites for hydroxylation is 1. The molecule has 0 spiro atoms. The first-order valence-corrected chi connectivity index (χ1v) is 9.55. The normalized spacial score (nSPS) is 14.0. The second-order valence-corrected chi connectivity index (χ2v) is 6.98. The van der Waals surface area contributed by atoms with Crippen molar-refractivity contribution in [3.8, 4) is 0 Å². The highest BCUT2D eigenvalue weighted by molar-refractivity contribution is 5.62. The number of anilines is 5. The maximum atomic E-state index is 4.56. The predicted octanol–water partition coefficient (Wildman–Crippen LogP) is 5.26. The molecule has 138 valence electrons. The number of piperidine rings is 1. The van der Waals surface area contributed by atoms with Crippen molar-refractivity contribution in [2.24, 2.45) is 0 Å². The van der Waals surface area contributed by atoms with E-state index in [1.165, 1.54) is 30.5 Å². The molecular formula is C22H25N5. The fourth-order valence-electron chi connectivity index (χ4n) is 3.40. The lowest BCUT2D eigenvalue weighted by atomic mass is 10.1. The lowest BCUT2D eigenvalue weighted by Gasteiger charge is -2.28. The summed E-state index contributed by atoms with van der Waals surface area (Å²) >= 11 is 0. The van der Waals surface area contributed by atoms with E-state index >= 15 is 0 Å². The van der Waals surface area contributed by atoms with Gasteiger partial charge >= 0.3 is 0 Å². The highest BCUT2D eigenvalue weighted by Gasteiger charge is 2.10. The molecule has 1 saturated heterocycles. The Bertz CT molecular complexity index is 885. The van der Waals surface area contributed by atoms with Gasteiger partial charge in [-0.1, -0.05) is 12.1 Å². The third kappa shape index (κ3) is 4.56. The first kappa shape index (κ1) is 17.3. The molecule has 1 aromatic heterocycles. The molecule has 1 fully saturated rings. The molecule has 5 nitrogen and oxygen atoms in total. The van der Waals surface area contributed by atoms with Crippen molar-refractivity contribution in [1.82, 2.24) is 9.97 Å². The average molecular weight is 359 g/mol. The molecule has 0 saturated carbocycles. The summed E-state index contributed by atoms with van der Waals surface area (Å²) in [5.41, 5.74) is 4.51. The van der Waals surface area contributed by atoms with E-state index in [1.807, 2.05) is 18.2 Å². The van der Waals surface area contributed by atoms with Crippen LogP contribution in [0.25, 0.3) is 0 Å². The van der Waals surface area contributed by atoms with E-state index in [1.54, 1.807) is 6.20 Å². The van der Waals surface area contributed by atoms with Crippen molar-refractivity contribution in [3.63, 3.8) is 0 Å². The van der Waals surface area contributed by atoms with Crippen molar-refractivity contribution in [2.45, 2.75) is 26.2 Å². The first-order valence-electron chi connectivity index (χ1n) is 9.55.